The molecule has 2 heterocycles. The van der Waals surface area contributed by atoms with Crippen LogP contribution in [0.2, 0.25) is 10.0 Å². The molecule has 0 radical (unpaired) electrons. The number of anilines is 1. The number of nitrogens with one attached hydrogen (secondary N) is 1. The first-order valence-corrected chi connectivity index (χ1v) is 9.40. The zero-order valence-corrected chi connectivity index (χ0v) is 16.3. The van der Waals surface area contributed by atoms with E-state index in [0.29, 0.717) is 26.4 Å². The van der Waals surface area contributed by atoms with Crippen LogP contribution in [0, 0.1) is 0 Å². The van der Waals surface area contributed by atoms with Crippen LogP contribution in [0.4, 0.5) is 5.13 Å². The number of thiazole rings is 1. The van der Waals surface area contributed by atoms with Crippen LogP contribution in [0.5, 0.6) is 0 Å². The summed E-state index contributed by atoms with van der Waals surface area (Å²) in [6.45, 7) is 1.48. The average molecular weight is 422 g/mol. The number of halogens is 2. The number of carbonyl (C=O) groups excluding carboxylic acids is 2. The molecule has 138 valence electrons. The van der Waals surface area contributed by atoms with Gasteiger partial charge in [-0.3, -0.25) is 15.1 Å². The fourth-order valence-corrected chi connectivity index (χ4v) is 3.34. The lowest BCUT2D eigenvalue weighted by Gasteiger charge is -2.12. The molecule has 0 aliphatic heterocycles. The van der Waals surface area contributed by atoms with E-state index < -0.39 is 18.0 Å². The van der Waals surface area contributed by atoms with Crippen molar-refractivity contribution < 1.29 is 14.3 Å². The normalized spacial score (nSPS) is 11.7. The Kier molecular flexibility index (Phi) is 6.05. The van der Waals surface area contributed by atoms with Crippen molar-refractivity contribution in [2.24, 2.45) is 0 Å². The van der Waals surface area contributed by atoms with Gasteiger partial charge in [-0.2, -0.15) is 0 Å². The van der Waals surface area contributed by atoms with E-state index in [9.17, 15) is 9.59 Å². The van der Waals surface area contributed by atoms with Gasteiger partial charge >= 0.3 is 5.97 Å². The Bertz CT molecular complexity index is 979. The zero-order valence-electron chi connectivity index (χ0n) is 14.0. The van der Waals surface area contributed by atoms with Gasteiger partial charge in [0.25, 0.3) is 5.91 Å². The van der Waals surface area contributed by atoms with Crippen LogP contribution in [-0.4, -0.2) is 27.9 Å². The third-order valence-corrected chi connectivity index (χ3v) is 4.80. The van der Waals surface area contributed by atoms with Crippen LogP contribution in [0.3, 0.4) is 0 Å². The molecular formula is C18H13Cl2N3O3S. The van der Waals surface area contributed by atoms with Crippen LogP contribution in [0.25, 0.3) is 11.3 Å². The molecule has 27 heavy (non-hydrogen) atoms. The standard InChI is InChI=1S/C18H13Cl2N3O3S/c1-10(26-17(25)11-3-2-6-21-8-11)16(24)23-18-22-15(9-27-18)13-5-4-12(19)7-14(13)20/h2-10H,1H3,(H,22,23,24). The second-order valence-electron chi connectivity index (χ2n) is 5.44. The number of hydrogen-bond donors (Lipinski definition) is 1. The summed E-state index contributed by atoms with van der Waals surface area (Å²) in [6.07, 6.45) is 1.92. The predicted molar refractivity (Wildman–Crippen MR) is 105 cm³/mol. The van der Waals surface area contributed by atoms with Gasteiger partial charge < -0.3 is 4.74 Å². The van der Waals surface area contributed by atoms with Crippen molar-refractivity contribution in [3.8, 4) is 11.3 Å². The SMILES string of the molecule is CC(OC(=O)c1cccnc1)C(=O)Nc1nc(-c2ccc(Cl)cc2Cl)cs1. The Labute approximate surface area is 169 Å². The lowest BCUT2D eigenvalue weighted by Crippen LogP contribution is -2.30. The van der Waals surface area contributed by atoms with Gasteiger partial charge in [0.1, 0.15) is 0 Å². The first-order chi connectivity index (χ1) is 12.9. The van der Waals surface area contributed by atoms with Gasteiger partial charge in [-0.25, -0.2) is 9.78 Å². The summed E-state index contributed by atoms with van der Waals surface area (Å²) in [5.74, 6) is -1.12. The van der Waals surface area contributed by atoms with E-state index in [0.717, 1.165) is 0 Å². The molecule has 1 amide bonds. The summed E-state index contributed by atoms with van der Waals surface area (Å²) >= 11 is 13.3. The molecule has 9 heteroatoms. The molecule has 0 bridgehead atoms. The number of pyridine rings is 1. The number of carbonyl (C=O) groups is 2. The number of amides is 1. The van der Waals surface area contributed by atoms with Gasteiger partial charge in [0.05, 0.1) is 16.3 Å². The van der Waals surface area contributed by atoms with Gasteiger partial charge in [0.2, 0.25) is 0 Å². The molecule has 6 nitrogen and oxygen atoms in total. The molecule has 1 unspecified atom stereocenters. The third kappa shape index (κ3) is 4.82. The summed E-state index contributed by atoms with van der Waals surface area (Å²) in [5, 5.41) is 5.74. The van der Waals surface area contributed by atoms with E-state index in [-0.39, 0.29) is 5.56 Å². The molecule has 0 saturated carbocycles. The zero-order chi connectivity index (χ0) is 19.4. The van der Waals surface area contributed by atoms with E-state index in [1.165, 1.54) is 24.5 Å². The molecular weight excluding hydrogens is 409 g/mol. The fourth-order valence-electron chi connectivity index (χ4n) is 2.12. The highest BCUT2D eigenvalue weighted by atomic mass is 35.5. The molecule has 0 aliphatic rings. The molecule has 0 spiro atoms. The third-order valence-electron chi connectivity index (χ3n) is 3.49. The first kappa shape index (κ1) is 19.3. The van der Waals surface area contributed by atoms with Gasteiger partial charge in [-0.15, -0.1) is 11.3 Å². The maximum Gasteiger partial charge on any atom is 0.340 e. The number of ether oxygens (including phenoxy) is 1. The largest absolute Gasteiger partial charge is 0.449 e. The van der Waals surface area contributed by atoms with E-state index >= 15 is 0 Å². The molecule has 1 aromatic carbocycles. The maximum absolute atomic E-state index is 12.3. The van der Waals surface area contributed by atoms with Crippen LogP contribution in [0.1, 0.15) is 17.3 Å². The molecule has 2 aromatic heterocycles. The Hall–Kier alpha value is -2.48. The first-order valence-electron chi connectivity index (χ1n) is 7.77. The highest BCUT2D eigenvalue weighted by Crippen LogP contribution is 2.32. The number of aromatic nitrogens is 2. The lowest BCUT2D eigenvalue weighted by atomic mass is 10.2. The lowest BCUT2D eigenvalue weighted by molar-refractivity contribution is -0.123. The molecule has 0 aliphatic carbocycles. The second-order valence-corrected chi connectivity index (χ2v) is 7.14. The van der Waals surface area contributed by atoms with Crippen molar-refractivity contribution in [2.75, 3.05) is 5.32 Å². The monoisotopic (exact) mass is 421 g/mol. The van der Waals surface area contributed by atoms with Crippen molar-refractivity contribution in [2.45, 2.75) is 13.0 Å². The Balaban J connectivity index is 1.64. The maximum atomic E-state index is 12.3. The average Bonchev–Trinajstić information content (AvgIpc) is 3.10. The van der Waals surface area contributed by atoms with Crippen LogP contribution < -0.4 is 5.32 Å². The topological polar surface area (TPSA) is 81.2 Å². The quantitative estimate of drug-likeness (QED) is 0.603. The van der Waals surface area contributed by atoms with Crippen molar-refractivity contribution in [3.63, 3.8) is 0 Å². The minimum atomic E-state index is -0.996. The van der Waals surface area contributed by atoms with Crippen LogP contribution >= 0.6 is 34.5 Å². The molecule has 3 aromatic rings. The van der Waals surface area contributed by atoms with Crippen LogP contribution in [0.15, 0.2) is 48.1 Å². The van der Waals surface area contributed by atoms with Crippen molar-refractivity contribution >= 4 is 51.5 Å². The highest BCUT2D eigenvalue weighted by molar-refractivity contribution is 7.14. The van der Waals surface area contributed by atoms with Gasteiger partial charge in [0, 0.05) is 28.4 Å². The fraction of sp³-hybridized carbons (Fsp3) is 0.111. The Morgan fingerprint density at radius 3 is 2.78 bits per heavy atom. The summed E-state index contributed by atoms with van der Waals surface area (Å²) < 4.78 is 5.14. The summed E-state index contributed by atoms with van der Waals surface area (Å²) in [4.78, 5) is 32.4. The molecule has 0 saturated heterocycles. The van der Waals surface area contributed by atoms with Crippen molar-refractivity contribution in [1.29, 1.82) is 0 Å². The smallest absolute Gasteiger partial charge is 0.340 e. The predicted octanol–water partition coefficient (Wildman–Crippen LogP) is 4.70. The minimum Gasteiger partial charge on any atom is -0.449 e. The van der Waals surface area contributed by atoms with E-state index in [4.69, 9.17) is 27.9 Å². The Morgan fingerprint density at radius 1 is 1.26 bits per heavy atom. The molecule has 3 rings (SSSR count). The summed E-state index contributed by atoms with van der Waals surface area (Å²) in [7, 11) is 0. The van der Waals surface area contributed by atoms with Gasteiger partial charge in [-0.05, 0) is 37.3 Å². The van der Waals surface area contributed by atoms with E-state index in [1.807, 2.05) is 0 Å². The number of nitrogens with zero attached hydrogens (tertiary/aromatic N) is 2. The number of benzene rings is 1. The van der Waals surface area contributed by atoms with Crippen LogP contribution in [-0.2, 0) is 9.53 Å². The summed E-state index contributed by atoms with van der Waals surface area (Å²) in [6, 6.07) is 8.25. The number of esters is 1. The molecule has 1 N–H and O–H groups in total. The second kappa shape index (κ2) is 8.47. The molecule has 0 fully saturated rings. The molecule has 1 atom stereocenters. The number of rotatable bonds is 5. The summed E-state index contributed by atoms with van der Waals surface area (Å²) in [5.41, 5.74) is 1.58. The van der Waals surface area contributed by atoms with Crippen molar-refractivity contribution in [1.82, 2.24) is 9.97 Å². The van der Waals surface area contributed by atoms with Gasteiger partial charge in [0.15, 0.2) is 11.2 Å². The van der Waals surface area contributed by atoms with Gasteiger partial charge in [-0.1, -0.05) is 23.2 Å². The van der Waals surface area contributed by atoms with E-state index in [1.54, 1.807) is 41.9 Å². The minimum absolute atomic E-state index is 0.270. The highest BCUT2D eigenvalue weighted by Gasteiger charge is 2.20. The Morgan fingerprint density at radius 2 is 2.07 bits per heavy atom. The number of hydrogen-bond acceptors (Lipinski definition) is 6. The van der Waals surface area contributed by atoms with E-state index in [2.05, 4.69) is 15.3 Å². The van der Waals surface area contributed by atoms with Crippen molar-refractivity contribution in [3.05, 3.63) is 63.7 Å².